The second-order valence-corrected chi connectivity index (χ2v) is 4.64. The van der Waals surface area contributed by atoms with Gasteiger partial charge in [0.15, 0.2) is 0 Å². The zero-order valence-corrected chi connectivity index (χ0v) is 7.84. The van der Waals surface area contributed by atoms with E-state index in [0.29, 0.717) is 5.92 Å². The van der Waals surface area contributed by atoms with Crippen LogP contribution in [0.3, 0.4) is 0 Å². The molecule has 0 aliphatic heterocycles. The van der Waals surface area contributed by atoms with Gasteiger partial charge in [-0.1, -0.05) is 32.1 Å². The molecule has 1 N–H and O–H groups in total. The molecule has 0 bridgehead atoms. The lowest BCUT2D eigenvalue weighted by Crippen LogP contribution is -2.15. The van der Waals surface area contributed by atoms with Crippen LogP contribution in [0.5, 0.6) is 0 Å². The third-order valence-electron chi connectivity index (χ3n) is 3.73. The summed E-state index contributed by atoms with van der Waals surface area (Å²) in [5, 5.41) is 9.65. The lowest BCUT2D eigenvalue weighted by molar-refractivity contribution is 0.118. The van der Waals surface area contributed by atoms with Crippen LogP contribution in [-0.2, 0) is 0 Å². The Morgan fingerprint density at radius 2 is 1.67 bits per heavy atom. The summed E-state index contributed by atoms with van der Waals surface area (Å²) in [6.07, 6.45) is 10.7. The average molecular weight is 168 g/mol. The summed E-state index contributed by atoms with van der Waals surface area (Å²) in [4.78, 5) is 0. The zero-order chi connectivity index (χ0) is 8.39. The first-order valence-electron chi connectivity index (χ1n) is 5.54. The van der Waals surface area contributed by atoms with Gasteiger partial charge in [-0.15, -0.1) is 0 Å². The summed E-state index contributed by atoms with van der Waals surface area (Å²) in [6.45, 7) is 0. The molecule has 0 amide bonds. The Morgan fingerprint density at radius 1 is 0.917 bits per heavy atom. The van der Waals surface area contributed by atoms with Gasteiger partial charge in [-0.05, 0) is 31.1 Å². The van der Waals surface area contributed by atoms with Gasteiger partial charge in [0.05, 0.1) is 6.10 Å². The first-order valence-corrected chi connectivity index (χ1v) is 5.54. The number of aliphatic hydroxyl groups is 1. The van der Waals surface area contributed by atoms with E-state index in [1.807, 2.05) is 0 Å². The third kappa shape index (κ3) is 1.82. The van der Waals surface area contributed by atoms with Crippen LogP contribution < -0.4 is 0 Å². The van der Waals surface area contributed by atoms with Gasteiger partial charge >= 0.3 is 0 Å². The van der Waals surface area contributed by atoms with Gasteiger partial charge in [0.25, 0.3) is 0 Å². The fraction of sp³-hybridized carbons (Fsp3) is 1.00. The van der Waals surface area contributed by atoms with Crippen molar-refractivity contribution in [1.29, 1.82) is 0 Å². The molecule has 1 heteroatoms. The van der Waals surface area contributed by atoms with E-state index in [1.165, 1.54) is 44.9 Å². The lowest BCUT2D eigenvalue weighted by atomic mass is 9.91. The molecular formula is C11H20O. The summed E-state index contributed by atoms with van der Waals surface area (Å²) in [5.41, 5.74) is 0. The van der Waals surface area contributed by atoms with Gasteiger partial charge < -0.3 is 5.11 Å². The molecule has 70 valence electrons. The smallest absolute Gasteiger partial charge is 0.0568 e. The van der Waals surface area contributed by atoms with E-state index in [2.05, 4.69) is 0 Å². The summed E-state index contributed by atoms with van der Waals surface area (Å²) in [7, 11) is 0. The van der Waals surface area contributed by atoms with Gasteiger partial charge in [-0.2, -0.15) is 0 Å². The number of aliphatic hydroxyl groups excluding tert-OH is 1. The molecule has 2 atom stereocenters. The highest BCUT2D eigenvalue weighted by molar-refractivity contribution is 4.80. The highest BCUT2D eigenvalue weighted by Gasteiger charge is 2.28. The van der Waals surface area contributed by atoms with Crippen molar-refractivity contribution in [1.82, 2.24) is 0 Å². The second kappa shape index (κ2) is 3.78. The van der Waals surface area contributed by atoms with Crippen LogP contribution in [0.1, 0.15) is 51.4 Å². The van der Waals surface area contributed by atoms with Gasteiger partial charge in [-0.25, -0.2) is 0 Å². The van der Waals surface area contributed by atoms with Crippen molar-refractivity contribution in [3.05, 3.63) is 0 Å². The molecular weight excluding hydrogens is 148 g/mol. The first kappa shape index (κ1) is 8.55. The minimum Gasteiger partial charge on any atom is -0.393 e. The maximum absolute atomic E-state index is 9.65. The van der Waals surface area contributed by atoms with Crippen LogP contribution in [0.25, 0.3) is 0 Å². The van der Waals surface area contributed by atoms with Gasteiger partial charge in [0.1, 0.15) is 0 Å². The zero-order valence-electron chi connectivity index (χ0n) is 7.84. The Kier molecular flexibility index (Phi) is 2.69. The van der Waals surface area contributed by atoms with Gasteiger partial charge in [0, 0.05) is 0 Å². The summed E-state index contributed by atoms with van der Waals surface area (Å²) >= 11 is 0. The minimum atomic E-state index is 0.0469. The monoisotopic (exact) mass is 168 g/mol. The van der Waals surface area contributed by atoms with Gasteiger partial charge in [0.2, 0.25) is 0 Å². The second-order valence-electron chi connectivity index (χ2n) is 4.64. The molecule has 2 rings (SSSR count). The van der Waals surface area contributed by atoms with Crippen LogP contribution >= 0.6 is 0 Å². The molecule has 0 radical (unpaired) electrons. The Balaban J connectivity index is 1.77. The summed E-state index contributed by atoms with van der Waals surface area (Å²) < 4.78 is 0. The molecule has 2 saturated carbocycles. The largest absolute Gasteiger partial charge is 0.393 e. The van der Waals surface area contributed by atoms with E-state index in [-0.39, 0.29) is 6.10 Å². The van der Waals surface area contributed by atoms with Crippen LogP contribution in [0.4, 0.5) is 0 Å². The highest BCUT2D eigenvalue weighted by Crippen LogP contribution is 2.36. The minimum absolute atomic E-state index is 0.0469. The Labute approximate surface area is 75.2 Å². The fourth-order valence-electron chi connectivity index (χ4n) is 2.97. The standard InChI is InChI=1S/C11H20O/c12-11-7-3-6-10(11)8-9-4-1-2-5-9/h9-12H,1-8H2. The van der Waals surface area contributed by atoms with E-state index in [1.54, 1.807) is 0 Å². The number of hydrogen-bond donors (Lipinski definition) is 1. The molecule has 0 heterocycles. The van der Waals surface area contributed by atoms with Crippen LogP contribution in [0, 0.1) is 11.8 Å². The molecule has 0 aromatic rings. The SMILES string of the molecule is OC1CCCC1CC1CCCC1. The van der Waals surface area contributed by atoms with Gasteiger partial charge in [-0.3, -0.25) is 0 Å². The lowest BCUT2D eigenvalue weighted by Gasteiger charge is -2.18. The topological polar surface area (TPSA) is 20.2 Å². The van der Waals surface area contributed by atoms with E-state index in [9.17, 15) is 5.11 Å². The van der Waals surface area contributed by atoms with Crippen LogP contribution in [0.2, 0.25) is 0 Å². The van der Waals surface area contributed by atoms with Crippen molar-refractivity contribution in [3.63, 3.8) is 0 Å². The molecule has 12 heavy (non-hydrogen) atoms. The molecule has 2 aliphatic carbocycles. The Bertz CT molecular complexity index is 138. The van der Waals surface area contributed by atoms with E-state index in [0.717, 1.165) is 12.3 Å². The molecule has 1 nitrogen and oxygen atoms in total. The fourth-order valence-corrected chi connectivity index (χ4v) is 2.97. The maximum Gasteiger partial charge on any atom is 0.0568 e. The Hall–Kier alpha value is -0.0400. The Morgan fingerprint density at radius 3 is 2.25 bits per heavy atom. The number of hydrogen-bond acceptors (Lipinski definition) is 1. The molecule has 0 saturated heterocycles. The summed E-state index contributed by atoms with van der Waals surface area (Å²) in [5.74, 6) is 1.62. The van der Waals surface area contributed by atoms with Crippen molar-refractivity contribution in [2.45, 2.75) is 57.5 Å². The number of rotatable bonds is 2. The molecule has 2 fully saturated rings. The molecule has 0 spiro atoms. The normalized spacial score (nSPS) is 37.8. The molecule has 0 aromatic carbocycles. The predicted molar refractivity (Wildman–Crippen MR) is 49.9 cm³/mol. The van der Waals surface area contributed by atoms with Crippen molar-refractivity contribution in [2.24, 2.45) is 11.8 Å². The molecule has 0 aromatic heterocycles. The summed E-state index contributed by atoms with van der Waals surface area (Å²) in [6, 6.07) is 0. The third-order valence-corrected chi connectivity index (χ3v) is 3.73. The average Bonchev–Trinajstić information content (AvgIpc) is 2.65. The molecule has 2 unspecified atom stereocenters. The van der Waals surface area contributed by atoms with E-state index < -0.39 is 0 Å². The van der Waals surface area contributed by atoms with E-state index in [4.69, 9.17) is 0 Å². The maximum atomic E-state index is 9.65. The quantitative estimate of drug-likeness (QED) is 0.672. The highest BCUT2D eigenvalue weighted by atomic mass is 16.3. The van der Waals surface area contributed by atoms with Crippen LogP contribution in [0.15, 0.2) is 0 Å². The van der Waals surface area contributed by atoms with Crippen molar-refractivity contribution < 1.29 is 5.11 Å². The van der Waals surface area contributed by atoms with Crippen molar-refractivity contribution in [3.8, 4) is 0 Å². The van der Waals surface area contributed by atoms with E-state index >= 15 is 0 Å². The van der Waals surface area contributed by atoms with Crippen molar-refractivity contribution >= 4 is 0 Å². The van der Waals surface area contributed by atoms with Crippen molar-refractivity contribution in [2.75, 3.05) is 0 Å². The molecule has 2 aliphatic rings. The van der Waals surface area contributed by atoms with Crippen LogP contribution in [-0.4, -0.2) is 11.2 Å². The predicted octanol–water partition coefficient (Wildman–Crippen LogP) is 2.73. The first-order chi connectivity index (χ1) is 5.86.